The van der Waals surface area contributed by atoms with Crippen molar-refractivity contribution in [3.63, 3.8) is 0 Å². The summed E-state index contributed by atoms with van der Waals surface area (Å²) >= 11 is 5.89. The van der Waals surface area contributed by atoms with Gasteiger partial charge in [-0.15, -0.1) is 12.4 Å². The average Bonchev–Trinajstić information content (AvgIpc) is 2.62. The first kappa shape index (κ1) is 20.0. The lowest BCUT2D eigenvalue weighted by atomic mass is 9.95. The van der Waals surface area contributed by atoms with Crippen LogP contribution >= 0.6 is 24.0 Å². The highest BCUT2D eigenvalue weighted by Crippen LogP contribution is 2.22. The first-order chi connectivity index (χ1) is 11.6. The number of nitrogens with one attached hydrogen (secondary N) is 1. The number of benzene rings is 1. The first-order valence-electron chi connectivity index (χ1n) is 8.62. The zero-order chi connectivity index (χ0) is 17.1. The van der Waals surface area contributed by atoms with Crippen LogP contribution in [0.1, 0.15) is 30.1 Å². The lowest BCUT2D eigenvalue weighted by molar-refractivity contribution is -0.139. The molecule has 2 atom stereocenters. The Bertz CT molecular complexity index is 609. The molecule has 0 saturated carbocycles. The fraction of sp³-hybridized carbons (Fsp3) is 0.556. The molecule has 2 aliphatic rings. The number of piperazine rings is 1. The van der Waals surface area contributed by atoms with Gasteiger partial charge in [0, 0.05) is 49.4 Å². The normalized spacial score (nSPS) is 23.8. The fourth-order valence-corrected chi connectivity index (χ4v) is 3.67. The number of hydrogen-bond donors (Lipinski definition) is 1. The van der Waals surface area contributed by atoms with E-state index in [2.05, 4.69) is 12.2 Å². The topological polar surface area (TPSA) is 52.7 Å². The quantitative estimate of drug-likeness (QED) is 0.850. The van der Waals surface area contributed by atoms with Crippen LogP contribution in [-0.2, 0) is 4.79 Å². The molecule has 2 fully saturated rings. The van der Waals surface area contributed by atoms with Gasteiger partial charge in [0.05, 0.1) is 5.92 Å². The Morgan fingerprint density at radius 2 is 1.92 bits per heavy atom. The van der Waals surface area contributed by atoms with Gasteiger partial charge in [-0.05, 0) is 44.0 Å². The number of nitrogens with zero attached hydrogens (tertiary/aromatic N) is 2. The van der Waals surface area contributed by atoms with Gasteiger partial charge in [0.15, 0.2) is 0 Å². The van der Waals surface area contributed by atoms with E-state index in [4.69, 9.17) is 11.6 Å². The van der Waals surface area contributed by atoms with Crippen molar-refractivity contribution in [3.05, 3.63) is 34.9 Å². The molecule has 3 rings (SSSR count). The molecule has 0 aromatic heterocycles. The minimum absolute atomic E-state index is 0. The number of carbonyl (C=O) groups excluding carboxylic acids is 2. The summed E-state index contributed by atoms with van der Waals surface area (Å²) in [5.74, 6) is 0.0886. The van der Waals surface area contributed by atoms with Crippen molar-refractivity contribution in [1.82, 2.24) is 15.1 Å². The molecule has 5 nitrogen and oxygen atoms in total. The second kappa shape index (κ2) is 8.88. The molecule has 2 saturated heterocycles. The average molecular weight is 386 g/mol. The third-order valence-electron chi connectivity index (χ3n) is 4.93. The number of piperidine rings is 1. The molecule has 2 heterocycles. The Kier molecular flexibility index (Phi) is 7.11. The standard InChI is InChI=1S/C18H24ClN3O2.ClH/c1-13-11-20-8-10-22(13)18(24)15-3-2-9-21(12-15)17(23)14-4-6-16(19)7-5-14;/h4-7,13,15,20H,2-3,8-12H2,1H3;1H. The van der Waals surface area contributed by atoms with Crippen LogP contribution in [0.5, 0.6) is 0 Å². The summed E-state index contributed by atoms with van der Waals surface area (Å²) in [4.78, 5) is 29.3. The number of hydrogen-bond acceptors (Lipinski definition) is 3. The number of rotatable bonds is 2. The molecule has 1 aromatic rings. The minimum atomic E-state index is -0.0875. The number of carbonyl (C=O) groups is 2. The van der Waals surface area contributed by atoms with Crippen LogP contribution < -0.4 is 5.32 Å². The van der Waals surface area contributed by atoms with E-state index in [9.17, 15) is 9.59 Å². The summed E-state index contributed by atoms with van der Waals surface area (Å²) < 4.78 is 0. The molecule has 1 N–H and O–H groups in total. The SMILES string of the molecule is CC1CNCCN1C(=O)C1CCCN(C(=O)c2ccc(Cl)cc2)C1.Cl. The van der Waals surface area contributed by atoms with Crippen LogP contribution in [0, 0.1) is 5.92 Å². The predicted octanol–water partition coefficient (Wildman–Crippen LogP) is 2.43. The smallest absolute Gasteiger partial charge is 0.253 e. The molecule has 0 radical (unpaired) electrons. The van der Waals surface area contributed by atoms with E-state index in [1.807, 2.05) is 9.80 Å². The van der Waals surface area contributed by atoms with E-state index in [0.29, 0.717) is 23.7 Å². The lowest BCUT2D eigenvalue weighted by Gasteiger charge is -2.39. The van der Waals surface area contributed by atoms with Crippen molar-refractivity contribution < 1.29 is 9.59 Å². The van der Waals surface area contributed by atoms with Gasteiger partial charge in [0.2, 0.25) is 5.91 Å². The second-order valence-corrected chi connectivity index (χ2v) is 7.12. The monoisotopic (exact) mass is 385 g/mol. The van der Waals surface area contributed by atoms with Crippen LogP contribution in [0.4, 0.5) is 0 Å². The highest BCUT2D eigenvalue weighted by molar-refractivity contribution is 6.30. The van der Waals surface area contributed by atoms with Crippen molar-refractivity contribution in [3.8, 4) is 0 Å². The van der Waals surface area contributed by atoms with Gasteiger partial charge in [0.25, 0.3) is 5.91 Å². The van der Waals surface area contributed by atoms with Gasteiger partial charge in [-0.3, -0.25) is 9.59 Å². The highest BCUT2D eigenvalue weighted by Gasteiger charge is 2.33. The number of likely N-dealkylation sites (tertiary alicyclic amines) is 1. The largest absolute Gasteiger partial charge is 0.338 e. The summed E-state index contributed by atoms with van der Waals surface area (Å²) in [6.45, 7) is 5.73. The molecule has 25 heavy (non-hydrogen) atoms. The van der Waals surface area contributed by atoms with Crippen LogP contribution in [0.25, 0.3) is 0 Å². The van der Waals surface area contributed by atoms with E-state index in [-0.39, 0.29) is 36.2 Å². The lowest BCUT2D eigenvalue weighted by Crippen LogP contribution is -2.55. The van der Waals surface area contributed by atoms with E-state index in [0.717, 1.165) is 32.5 Å². The maximum absolute atomic E-state index is 12.9. The Labute approximate surface area is 160 Å². The van der Waals surface area contributed by atoms with E-state index in [1.54, 1.807) is 24.3 Å². The summed E-state index contributed by atoms with van der Waals surface area (Å²) in [5.41, 5.74) is 0.628. The van der Waals surface area contributed by atoms with E-state index >= 15 is 0 Å². The van der Waals surface area contributed by atoms with Crippen LogP contribution in [0.3, 0.4) is 0 Å². The molecule has 0 spiro atoms. The third-order valence-corrected chi connectivity index (χ3v) is 5.19. The minimum Gasteiger partial charge on any atom is -0.338 e. The van der Waals surface area contributed by atoms with E-state index < -0.39 is 0 Å². The van der Waals surface area contributed by atoms with Crippen molar-refractivity contribution in [1.29, 1.82) is 0 Å². The van der Waals surface area contributed by atoms with Gasteiger partial charge in [0.1, 0.15) is 0 Å². The van der Waals surface area contributed by atoms with Crippen molar-refractivity contribution >= 4 is 35.8 Å². The maximum atomic E-state index is 12.9. The van der Waals surface area contributed by atoms with Crippen LogP contribution in [0.2, 0.25) is 5.02 Å². The van der Waals surface area contributed by atoms with Crippen LogP contribution in [-0.4, -0.2) is 60.4 Å². The molecular weight excluding hydrogens is 361 g/mol. The summed E-state index contributed by atoms with van der Waals surface area (Å²) in [5, 5.41) is 3.92. The molecule has 0 aliphatic carbocycles. The Balaban J connectivity index is 0.00000225. The fourth-order valence-electron chi connectivity index (χ4n) is 3.54. The highest BCUT2D eigenvalue weighted by atomic mass is 35.5. The Hall–Kier alpha value is -1.30. The van der Waals surface area contributed by atoms with Gasteiger partial charge in [-0.25, -0.2) is 0 Å². The molecular formula is C18H25Cl2N3O2. The zero-order valence-corrected chi connectivity index (χ0v) is 16.0. The van der Waals surface area contributed by atoms with Gasteiger partial charge in [-0.1, -0.05) is 11.6 Å². The van der Waals surface area contributed by atoms with Crippen molar-refractivity contribution in [2.45, 2.75) is 25.8 Å². The second-order valence-electron chi connectivity index (χ2n) is 6.68. The Morgan fingerprint density at radius 1 is 1.20 bits per heavy atom. The molecule has 2 aliphatic heterocycles. The number of halogens is 2. The van der Waals surface area contributed by atoms with Crippen LogP contribution in [0.15, 0.2) is 24.3 Å². The summed E-state index contributed by atoms with van der Waals surface area (Å²) in [6.07, 6.45) is 1.73. The Morgan fingerprint density at radius 3 is 2.60 bits per heavy atom. The summed E-state index contributed by atoms with van der Waals surface area (Å²) in [7, 11) is 0. The molecule has 2 unspecified atom stereocenters. The van der Waals surface area contributed by atoms with E-state index in [1.165, 1.54) is 0 Å². The van der Waals surface area contributed by atoms with Crippen molar-refractivity contribution in [2.75, 3.05) is 32.7 Å². The van der Waals surface area contributed by atoms with Gasteiger partial charge < -0.3 is 15.1 Å². The zero-order valence-electron chi connectivity index (χ0n) is 14.4. The molecule has 7 heteroatoms. The third kappa shape index (κ3) is 4.66. The maximum Gasteiger partial charge on any atom is 0.253 e. The predicted molar refractivity (Wildman–Crippen MR) is 101 cm³/mol. The molecule has 138 valence electrons. The summed E-state index contributed by atoms with van der Waals surface area (Å²) in [6, 6.07) is 7.16. The van der Waals surface area contributed by atoms with Gasteiger partial charge in [-0.2, -0.15) is 0 Å². The van der Waals surface area contributed by atoms with Gasteiger partial charge >= 0.3 is 0 Å². The molecule has 2 amide bonds. The molecule has 0 bridgehead atoms. The first-order valence-corrected chi connectivity index (χ1v) is 9.00. The molecule has 1 aromatic carbocycles. The van der Waals surface area contributed by atoms with Crippen molar-refractivity contribution in [2.24, 2.45) is 5.92 Å². The number of amides is 2.